The van der Waals surface area contributed by atoms with Crippen molar-refractivity contribution >= 4 is 46.3 Å². The number of hydrogen-bond acceptors (Lipinski definition) is 2. The monoisotopic (exact) mass is 305 g/mol. The van der Waals surface area contributed by atoms with Crippen molar-refractivity contribution in [1.29, 1.82) is 0 Å². The number of aromatic nitrogens is 2. The normalized spacial score (nSPS) is 10.7. The first-order valence-electron chi connectivity index (χ1n) is 5.83. The van der Waals surface area contributed by atoms with Crippen LogP contribution in [0, 0.1) is 0 Å². The maximum Gasteiger partial charge on any atom is 0.212 e. The van der Waals surface area contributed by atoms with Gasteiger partial charge in [0.15, 0.2) is 5.82 Å². The molecule has 0 aliphatic carbocycles. The van der Waals surface area contributed by atoms with Crippen LogP contribution in [0.1, 0.15) is 0 Å². The van der Waals surface area contributed by atoms with Crippen LogP contribution in [0.15, 0.2) is 36.4 Å². The maximum atomic E-state index is 10.6. The Hall–Kier alpha value is -2.04. The van der Waals surface area contributed by atoms with Crippen LogP contribution in [0.25, 0.3) is 22.0 Å². The molecule has 0 aliphatic heterocycles. The average molecular weight is 306 g/mol. The molecule has 2 aromatic carbocycles. The molecule has 0 spiro atoms. The van der Waals surface area contributed by atoms with E-state index in [0.717, 1.165) is 22.0 Å². The first-order valence-corrected chi connectivity index (χ1v) is 6.59. The topological polar surface area (TPSA) is 57.8 Å². The lowest BCUT2D eigenvalue weighted by molar-refractivity contribution is -0.105. The molecule has 1 aromatic heterocycles. The van der Waals surface area contributed by atoms with E-state index in [9.17, 15) is 4.79 Å². The molecule has 0 atom stereocenters. The molecule has 4 nitrogen and oxygen atoms in total. The Bertz CT molecular complexity index is 778. The van der Waals surface area contributed by atoms with Crippen molar-refractivity contribution in [3.8, 4) is 11.1 Å². The summed E-state index contributed by atoms with van der Waals surface area (Å²) in [7, 11) is 0. The van der Waals surface area contributed by atoms with Crippen molar-refractivity contribution in [2.75, 3.05) is 5.32 Å². The van der Waals surface area contributed by atoms with Gasteiger partial charge < -0.3 is 5.32 Å². The molecular weight excluding hydrogens is 297 g/mol. The van der Waals surface area contributed by atoms with Crippen molar-refractivity contribution in [2.24, 2.45) is 0 Å². The van der Waals surface area contributed by atoms with Gasteiger partial charge in [0.25, 0.3) is 0 Å². The summed E-state index contributed by atoms with van der Waals surface area (Å²) in [6, 6.07) is 11.0. The van der Waals surface area contributed by atoms with Crippen LogP contribution in [0.3, 0.4) is 0 Å². The molecule has 3 aromatic rings. The highest BCUT2D eigenvalue weighted by Crippen LogP contribution is 2.36. The van der Waals surface area contributed by atoms with E-state index in [1.165, 1.54) is 0 Å². The number of carbonyl (C=O) groups excluding carboxylic acids is 1. The third kappa shape index (κ3) is 2.13. The number of nitrogens with one attached hydrogen (secondary N) is 2. The Balaban J connectivity index is 2.22. The molecule has 0 fully saturated rings. The number of rotatable bonds is 3. The van der Waals surface area contributed by atoms with Crippen molar-refractivity contribution in [3.05, 3.63) is 46.4 Å². The Labute approximate surface area is 124 Å². The second-order valence-electron chi connectivity index (χ2n) is 4.19. The van der Waals surface area contributed by atoms with Gasteiger partial charge in [-0.25, -0.2) is 0 Å². The highest BCUT2D eigenvalue weighted by atomic mass is 35.5. The Morgan fingerprint density at radius 3 is 2.60 bits per heavy atom. The van der Waals surface area contributed by atoms with Crippen molar-refractivity contribution in [1.82, 2.24) is 10.2 Å². The highest BCUT2D eigenvalue weighted by molar-refractivity contribution is 6.39. The van der Waals surface area contributed by atoms with E-state index in [1.807, 2.05) is 18.2 Å². The summed E-state index contributed by atoms with van der Waals surface area (Å²) in [5.74, 6) is 0.472. The molecule has 0 saturated carbocycles. The second kappa shape index (κ2) is 5.15. The number of aromatic amines is 1. The lowest BCUT2D eigenvalue weighted by atomic mass is 10.0. The van der Waals surface area contributed by atoms with Gasteiger partial charge in [-0.15, -0.1) is 0 Å². The molecule has 1 heterocycles. The number of fused-ring (bicyclic) bond motifs is 1. The smallest absolute Gasteiger partial charge is 0.212 e. The Morgan fingerprint density at radius 1 is 1.15 bits per heavy atom. The van der Waals surface area contributed by atoms with Crippen LogP contribution >= 0.6 is 23.2 Å². The van der Waals surface area contributed by atoms with E-state index < -0.39 is 0 Å². The number of carbonyl (C=O) groups is 1. The van der Waals surface area contributed by atoms with E-state index in [0.29, 0.717) is 22.3 Å². The zero-order valence-corrected chi connectivity index (χ0v) is 11.7. The fraction of sp³-hybridized carbons (Fsp3) is 0. The van der Waals surface area contributed by atoms with Gasteiger partial charge in [-0.05, 0) is 29.8 Å². The molecule has 0 aliphatic rings. The summed E-state index contributed by atoms with van der Waals surface area (Å²) < 4.78 is 0. The van der Waals surface area contributed by atoms with Crippen LogP contribution in [-0.2, 0) is 4.79 Å². The first-order chi connectivity index (χ1) is 9.70. The SMILES string of the molecule is O=CNc1n[nH]c2ccc(-c3c(Cl)cccc3Cl)cc12. The van der Waals surface area contributed by atoms with Gasteiger partial charge in [0.2, 0.25) is 6.41 Å². The number of hydrogen-bond donors (Lipinski definition) is 2. The van der Waals surface area contributed by atoms with Crippen LogP contribution in [0.4, 0.5) is 5.82 Å². The van der Waals surface area contributed by atoms with Gasteiger partial charge in [-0.1, -0.05) is 35.3 Å². The minimum absolute atomic E-state index is 0.472. The maximum absolute atomic E-state index is 10.6. The van der Waals surface area contributed by atoms with Gasteiger partial charge in [-0.3, -0.25) is 9.89 Å². The second-order valence-corrected chi connectivity index (χ2v) is 5.01. The summed E-state index contributed by atoms with van der Waals surface area (Å²) in [4.78, 5) is 10.6. The zero-order valence-electron chi connectivity index (χ0n) is 10.2. The summed E-state index contributed by atoms with van der Waals surface area (Å²) >= 11 is 12.4. The van der Waals surface area contributed by atoms with Crippen LogP contribution in [0.2, 0.25) is 10.0 Å². The molecule has 20 heavy (non-hydrogen) atoms. The molecule has 0 radical (unpaired) electrons. The Kier molecular flexibility index (Phi) is 3.34. The van der Waals surface area contributed by atoms with E-state index in [2.05, 4.69) is 15.5 Å². The third-order valence-electron chi connectivity index (χ3n) is 3.01. The predicted molar refractivity (Wildman–Crippen MR) is 81.2 cm³/mol. The van der Waals surface area contributed by atoms with Crippen molar-refractivity contribution < 1.29 is 4.79 Å². The van der Waals surface area contributed by atoms with Crippen LogP contribution < -0.4 is 5.32 Å². The lowest BCUT2D eigenvalue weighted by Gasteiger charge is -2.07. The molecule has 2 N–H and O–H groups in total. The lowest BCUT2D eigenvalue weighted by Crippen LogP contribution is -1.94. The largest absolute Gasteiger partial charge is 0.311 e. The minimum Gasteiger partial charge on any atom is -0.311 e. The van der Waals surface area contributed by atoms with E-state index in [1.54, 1.807) is 18.2 Å². The number of halogens is 2. The van der Waals surface area contributed by atoms with Gasteiger partial charge in [0, 0.05) is 21.0 Å². The third-order valence-corrected chi connectivity index (χ3v) is 3.64. The number of amides is 1. The first kappa shape index (κ1) is 13.0. The highest BCUT2D eigenvalue weighted by Gasteiger charge is 2.11. The Morgan fingerprint density at radius 2 is 1.90 bits per heavy atom. The molecule has 100 valence electrons. The molecule has 0 bridgehead atoms. The molecule has 3 rings (SSSR count). The summed E-state index contributed by atoms with van der Waals surface area (Å²) in [6.45, 7) is 0. The van der Waals surface area contributed by atoms with E-state index >= 15 is 0 Å². The zero-order chi connectivity index (χ0) is 14.1. The summed E-state index contributed by atoms with van der Waals surface area (Å²) in [6.07, 6.45) is 0.588. The van der Waals surface area contributed by atoms with Crippen molar-refractivity contribution in [3.63, 3.8) is 0 Å². The van der Waals surface area contributed by atoms with E-state index in [4.69, 9.17) is 23.2 Å². The molecule has 6 heteroatoms. The van der Waals surface area contributed by atoms with Crippen LogP contribution in [-0.4, -0.2) is 16.6 Å². The predicted octanol–water partition coefficient (Wildman–Crippen LogP) is 4.11. The standard InChI is InChI=1S/C14H9Cl2N3O/c15-10-2-1-3-11(16)13(10)8-4-5-12-9(6-8)14(17-7-20)19-18-12/h1-7H,(H2,17,18,19,20). The van der Waals surface area contributed by atoms with Gasteiger partial charge in [0.05, 0.1) is 5.52 Å². The molecule has 0 unspecified atom stereocenters. The number of nitrogens with zero attached hydrogens (tertiary/aromatic N) is 1. The summed E-state index contributed by atoms with van der Waals surface area (Å²) in [5, 5.41) is 11.4. The molecule has 0 saturated heterocycles. The quantitative estimate of drug-likeness (QED) is 0.716. The van der Waals surface area contributed by atoms with E-state index in [-0.39, 0.29) is 0 Å². The fourth-order valence-electron chi connectivity index (χ4n) is 2.11. The molecule has 1 amide bonds. The fourth-order valence-corrected chi connectivity index (χ4v) is 2.72. The van der Waals surface area contributed by atoms with Gasteiger partial charge in [-0.2, -0.15) is 5.10 Å². The number of anilines is 1. The number of benzene rings is 2. The van der Waals surface area contributed by atoms with Gasteiger partial charge >= 0.3 is 0 Å². The summed E-state index contributed by atoms with van der Waals surface area (Å²) in [5.41, 5.74) is 2.45. The van der Waals surface area contributed by atoms with Crippen LogP contribution in [0.5, 0.6) is 0 Å². The van der Waals surface area contributed by atoms with Crippen molar-refractivity contribution in [2.45, 2.75) is 0 Å². The number of H-pyrrole nitrogens is 1. The van der Waals surface area contributed by atoms with Gasteiger partial charge in [0.1, 0.15) is 0 Å². The average Bonchev–Trinajstić information content (AvgIpc) is 2.82. The minimum atomic E-state index is 0.472. The molecular formula is C14H9Cl2N3O.